The molecule has 0 aromatic heterocycles. The van der Waals surface area contributed by atoms with Crippen molar-refractivity contribution >= 4 is 11.7 Å². The molecule has 0 radical (unpaired) electrons. The molecule has 0 aliphatic heterocycles. The summed E-state index contributed by atoms with van der Waals surface area (Å²) in [6, 6.07) is 0. The Hall–Kier alpha value is -0.860. The van der Waals surface area contributed by atoms with Crippen LogP contribution in [0.1, 0.15) is 106 Å². The molecule has 142 valence electrons. The zero-order valence-electron chi connectivity index (χ0n) is 17.1. The number of hydrogen-bond acceptors (Lipinski definition) is 2. The molecule has 0 rings (SSSR count). The van der Waals surface area contributed by atoms with Crippen LogP contribution in [0.25, 0.3) is 0 Å². The van der Waals surface area contributed by atoms with E-state index in [1.165, 1.54) is 25.7 Å². The van der Waals surface area contributed by atoms with Gasteiger partial charge in [0.15, 0.2) is 0 Å². The molecule has 1 N–H and O–H groups in total. The fourth-order valence-electron chi connectivity index (χ4n) is 2.78. The lowest BCUT2D eigenvalue weighted by atomic mass is 9.88. The van der Waals surface area contributed by atoms with Gasteiger partial charge in [-0.15, -0.1) is 0 Å². The number of amides is 1. The molecular weight excluding hydrogens is 298 g/mol. The van der Waals surface area contributed by atoms with Gasteiger partial charge >= 0.3 is 0 Å². The lowest BCUT2D eigenvalue weighted by Crippen LogP contribution is -2.28. The molecule has 0 unspecified atom stereocenters. The van der Waals surface area contributed by atoms with Gasteiger partial charge in [-0.25, -0.2) is 0 Å². The van der Waals surface area contributed by atoms with E-state index in [4.69, 9.17) is 0 Å². The van der Waals surface area contributed by atoms with Crippen molar-refractivity contribution in [1.29, 1.82) is 0 Å². The Morgan fingerprint density at radius 2 is 1.12 bits per heavy atom. The van der Waals surface area contributed by atoms with E-state index >= 15 is 0 Å². The van der Waals surface area contributed by atoms with Crippen molar-refractivity contribution in [3.63, 3.8) is 0 Å². The van der Waals surface area contributed by atoms with Crippen LogP contribution in [0.15, 0.2) is 0 Å². The third-order valence-electron chi connectivity index (χ3n) is 3.87. The minimum Gasteiger partial charge on any atom is -0.356 e. The number of ketones is 1. The maximum atomic E-state index is 11.8. The van der Waals surface area contributed by atoms with Gasteiger partial charge in [0.2, 0.25) is 5.91 Å². The fourth-order valence-corrected chi connectivity index (χ4v) is 2.78. The predicted octanol–water partition coefficient (Wildman–Crippen LogP) is 5.66. The SMILES string of the molecule is CC(C)(C)CC(=O)CCCCCCCCCNC(=O)CC(C)(C)C. The van der Waals surface area contributed by atoms with E-state index in [0.717, 1.165) is 32.2 Å². The first kappa shape index (κ1) is 23.1. The molecule has 0 heterocycles. The van der Waals surface area contributed by atoms with Crippen LogP contribution in [0.2, 0.25) is 0 Å². The third-order valence-corrected chi connectivity index (χ3v) is 3.87. The molecule has 3 heteroatoms. The Kier molecular flexibility index (Phi) is 11.2. The molecule has 0 aliphatic rings. The van der Waals surface area contributed by atoms with E-state index < -0.39 is 0 Å². The molecule has 3 nitrogen and oxygen atoms in total. The first-order chi connectivity index (χ1) is 11.0. The number of hydrogen-bond donors (Lipinski definition) is 1. The smallest absolute Gasteiger partial charge is 0.220 e. The Bertz CT molecular complexity index is 325. The second-order valence-corrected chi connectivity index (χ2v) is 9.59. The summed E-state index contributed by atoms with van der Waals surface area (Å²) in [7, 11) is 0. The van der Waals surface area contributed by atoms with Gasteiger partial charge in [0.05, 0.1) is 0 Å². The second-order valence-electron chi connectivity index (χ2n) is 9.59. The Labute approximate surface area is 150 Å². The highest BCUT2D eigenvalue weighted by molar-refractivity contribution is 5.78. The molecule has 24 heavy (non-hydrogen) atoms. The van der Waals surface area contributed by atoms with Gasteiger partial charge < -0.3 is 5.32 Å². The zero-order valence-corrected chi connectivity index (χ0v) is 17.1. The molecule has 0 saturated carbocycles. The van der Waals surface area contributed by atoms with E-state index in [1.807, 2.05) is 0 Å². The van der Waals surface area contributed by atoms with Gasteiger partial charge in [0.1, 0.15) is 5.78 Å². The number of nitrogens with one attached hydrogen (secondary N) is 1. The average molecular weight is 340 g/mol. The lowest BCUT2D eigenvalue weighted by molar-refractivity contribution is -0.123. The summed E-state index contributed by atoms with van der Waals surface area (Å²) in [5.41, 5.74) is 0.192. The first-order valence-corrected chi connectivity index (χ1v) is 9.78. The number of rotatable bonds is 12. The predicted molar refractivity (Wildman–Crippen MR) is 103 cm³/mol. The third kappa shape index (κ3) is 17.5. The van der Waals surface area contributed by atoms with Crippen molar-refractivity contribution in [2.45, 2.75) is 106 Å². The maximum Gasteiger partial charge on any atom is 0.220 e. The molecular formula is C21H41NO2. The van der Waals surface area contributed by atoms with Crippen molar-refractivity contribution < 1.29 is 9.59 Å². The number of carbonyl (C=O) groups is 2. The van der Waals surface area contributed by atoms with Crippen LogP contribution in [0.4, 0.5) is 0 Å². The molecule has 0 aliphatic carbocycles. The lowest BCUT2D eigenvalue weighted by Gasteiger charge is -2.17. The Balaban J connectivity index is 3.37. The number of carbonyl (C=O) groups excluding carboxylic acids is 2. The van der Waals surface area contributed by atoms with Crippen LogP contribution < -0.4 is 5.32 Å². The Morgan fingerprint density at radius 3 is 1.62 bits per heavy atom. The monoisotopic (exact) mass is 339 g/mol. The van der Waals surface area contributed by atoms with E-state index in [-0.39, 0.29) is 16.7 Å². The van der Waals surface area contributed by atoms with E-state index in [2.05, 4.69) is 46.9 Å². The molecule has 0 aromatic rings. The molecule has 0 saturated heterocycles. The van der Waals surface area contributed by atoms with Crippen LogP contribution in [0.5, 0.6) is 0 Å². The van der Waals surface area contributed by atoms with Gasteiger partial charge in [-0.2, -0.15) is 0 Å². The summed E-state index contributed by atoms with van der Waals surface area (Å²) in [5.74, 6) is 0.580. The Morgan fingerprint density at radius 1 is 0.667 bits per heavy atom. The minimum absolute atomic E-state index is 0.0678. The van der Waals surface area contributed by atoms with Crippen molar-refractivity contribution in [3.05, 3.63) is 0 Å². The summed E-state index contributed by atoms with van der Waals surface area (Å²) >= 11 is 0. The molecule has 0 atom stereocenters. The number of Topliss-reactive ketones (excluding diaryl/α,β-unsaturated/α-hetero) is 1. The summed E-state index contributed by atoms with van der Waals surface area (Å²) in [4.78, 5) is 23.4. The van der Waals surface area contributed by atoms with Crippen LogP contribution in [-0.2, 0) is 9.59 Å². The summed E-state index contributed by atoms with van der Waals surface area (Å²) in [6.45, 7) is 13.4. The van der Waals surface area contributed by atoms with Crippen molar-refractivity contribution in [3.8, 4) is 0 Å². The normalized spacial score (nSPS) is 12.2. The molecule has 1 amide bonds. The van der Waals surface area contributed by atoms with Gasteiger partial charge in [-0.05, 0) is 23.7 Å². The summed E-state index contributed by atoms with van der Waals surface area (Å²) < 4.78 is 0. The van der Waals surface area contributed by atoms with E-state index in [0.29, 0.717) is 18.6 Å². The number of unbranched alkanes of at least 4 members (excludes halogenated alkanes) is 6. The highest BCUT2D eigenvalue weighted by Gasteiger charge is 2.15. The summed E-state index contributed by atoms with van der Waals surface area (Å²) in [5, 5.41) is 3.00. The maximum absolute atomic E-state index is 11.8. The van der Waals surface area contributed by atoms with Crippen molar-refractivity contribution in [2.24, 2.45) is 10.8 Å². The van der Waals surface area contributed by atoms with Crippen LogP contribution in [0.3, 0.4) is 0 Å². The average Bonchev–Trinajstić information content (AvgIpc) is 2.36. The van der Waals surface area contributed by atoms with E-state index in [1.54, 1.807) is 0 Å². The van der Waals surface area contributed by atoms with Gasteiger partial charge in [-0.3, -0.25) is 9.59 Å². The standard InChI is InChI=1S/C21H41NO2/c1-20(2,3)16-18(23)14-12-10-8-7-9-11-13-15-22-19(24)17-21(4,5)6/h7-17H2,1-6H3,(H,22,24). The highest BCUT2D eigenvalue weighted by Crippen LogP contribution is 2.20. The topological polar surface area (TPSA) is 46.2 Å². The molecule has 0 spiro atoms. The first-order valence-electron chi connectivity index (χ1n) is 9.78. The minimum atomic E-state index is 0.0678. The quantitative estimate of drug-likeness (QED) is 0.466. The van der Waals surface area contributed by atoms with Crippen LogP contribution >= 0.6 is 0 Å². The van der Waals surface area contributed by atoms with Gasteiger partial charge in [0.25, 0.3) is 0 Å². The zero-order chi connectivity index (χ0) is 18.6. The van der Waals surface area contributed by atoms with Gasteiger partial charge in [-0.1, -0.05) is 73.6 Å². The van der Waals surface area contributed by atoms with Gasteiger partial charge in [0, 0.05) is 25.8 Å². The van der Waals surface area contributed by atoms with Crippen molar-refractivity contribution in [2.75, 3.05) is 6.54 Å². The largest absolute Gasteiger partial charge is 0.356 e. The van der Waals surface area contributed by atoms with Crippen molar-refractivity contribution in [1.82, 2.24) is 5.32 Å². The van der Waals surface area contributed by atoms with Crippen LogP contribution in [0, 0.1) is 10.8 Å². The van der Waals surface area contributed by atoms with Crippen LogP contribution in [-0.4, -0.2) is 18.2 Å². The second kappa shape index (κ2) is 11.7. The van der Waals surface area contributed by atoms with E-state index in [9.17, 15) is 9.59 Å². The highest BCUT2D eigenvalue weighted by atomic mass is 16.1. The molecule has 0 bridgehead atoms. The summed E-state index contributed by atoms with van der Waals surface area (Å²) in [6.07, 6.45) is 10.2. The molecule has 0 fully saturated rings. The molecule has 0 aromatic carbocycles. The fraction of sp³-hybridized carbons (Fsp3) is 0.905.